The third-order valence-corrected chi connectivity index (χ3v) is 3.42. The molecule has 4 nitrogen and oxygen atoms in total. The third kappa shape index (κ3) is 4.20. The molecular formula is C18H14ClNO3. The van der Waals surface area contributed by atoms with Crippen molar-refractivity contribution in [3.8, 4) is 5.75 Å². The van der Waals surface area contributed by atoms with Crippen LogP contribution >= 0.6 is 11.6 Å². The molecule has 3 rings (SSSR count). The summed E-state index contributed by atoms with van der Waals surface area (Å²) in [5.41, 5.74) is 1.12. The Labute approximate surface area is 139 Å². The van der Waals surface area contributed by atoms with Crippen LogP contribution in [-0.2, 0) is 9.53 Å². The first-order valence-corrected chi connectivity index (χ1v) is 7.53. The van der Waals surface area contributed by atoms with E-state index in [1.54, 1.807) is 18.2 Å². The molecule has 0 aromatic heterocycles. The molecular weight excluding hydrogens is 314 g/mol. The van der Waals surface area contributed by atoms with E-state index in [9.17, 15) is 4.79 Å². The van der Waals surface area contributed by atoms with E-state index < -0.39 is 5.97 Å². The molecule has 1 aliphatic rings. The number of rotatable bonds is 5. The Morgan fingerprint density at radius 2 is 1.83 bits per heavy atom. The molecule has 0 spiro atoms. The van der Waals surface area contributed by atoms with Crippen molar-refractivity contribution in [1.82, 2.24) is 0 Å². The van der Waals surface area contributed by atoms with Gasteiger partial charge in [0, 0.05) is 5.02 Å². The molecule has 0 amide bonds. The molecule has 1 heterocycles. The maximum atomic E-state index is 11.8. The van der Waals surface area contributed by atoms with Gasteiger partial charge in [0.1, 0.15) is 5.75 Å². The number of carbonyl (C=O) groups is 1. The zero-order chi connectivity index (χ0) is 16.1. The summed E-state index contributed by atoms with van der Waals surface area (Å²) in [7, 11) is 0. The van der Waals surface area contributed by atoms with Gasteiger partial charge in [0.25, 0.3) is 0 Å². The highest BCUT2D eigenvalue weighted by atomic mass is 35.5. The van der Waals surface area contributed by atoms with E-state index in [0.717, 1.165) is 11.3 Å². The van der Waals surface area contributed by atoms with Crippen molar-refractivity contribution in [2.24, 2.45) is 4.99 Å². The minimum atomic E-state index is -0.449. The zero-order valence-corrected chi connectivity index (χ0v) is 13.0. The predicted molar refractivity (Wildman–Crippen MR) is 89.5 cm³/mol. The summed E-state index contributed by atoms with van der Waals surface area (Å²) in [5.74, 6) is 0.690. The van der Waals surface area contributed by atoms with Crippen LogP contribution in [0.5, 0.6) is 5.75 Å². The van der Waals surface area contributed by atoms with Crippen LogP contribution in [0.15, 0.2) is 65.3 Å². The van der Waals surface area contributed by atoms with Crippen LogP contribution in [0.4, 0.5) is 0 Å². The lowest BCUT2D eigenvalue weighted by atomic mass is 10.2. The normalized spacial score (nSPS) is 15.4. The standard InChI is InChI=1S/C18H14ClNO3/c19-14-8-6-13(7-9-14)12-16-18(21)23-17(20-16)10-11-22-15-4-2-1-3-5-15/h1-9,12H,10-11H2/b16-12+. The number of carbonyl (C=O) groups excluding carboxylic acids is 1. The van der Waals surface area contributed by atoms with Crippen molar-refractivity contribution in [2.45, 2.75) is 6.42 Å². The Balaban J connectivity index is 1.61. The quantitative estimate of drug-likeness (QED) is 0.613. The summed E-state index contributed by atoms with van der Waals surface area (Å²) < 4.78 is 10.7. The lowest BCUT2D eigenvalue weighted by molar-refractivity contribution is -0.130. The first-order chi connectivity index (χ1) is 11.2. The number of nitrogens with zero attached hydrogens (tertiary/aromatic N) is 1. The molecule has 116 valence electrons. The highest BCUT2D eigenvalue weighted by molar-refractivity contribution is 6.30. The van der Waals surface area contributed by atoms with E-state index in [2.05, 4.69) is 4.99 Å². The molecule has 23 heavy (non-hydrogen) atoms. The average molecular weight is 328 g/mol. The Morgan fingerprint density at radius 3 is 2.57 bits per heavy atom. The van der Waals surface area contributed by atoms with E-state index in [4.69, 9.17) is 21.1 Å². The molecule has 1 aliphatic heterocycles. The summed E-state index contributed by atoms with van der Waals surface area (Å²) in [6.07, 6.45) is 2.10. The van der Waals surface area contributed by atoms with Gasteiger partial charge in [-0.1, -0.05) is 41.9 Å². The molecule has 2 aromatic rings. The van der Waals surface area contributed by atoms with Gasteiger partial charge in [-0.05, 0) is 35.9 Å². The van der Waals surface area contributed by atoms with E-state index in [0.29, 0.717) is 23.9 Å². The van der Waals surface area contributed by atoms with Crippen LogP contribution in [0, 0.1) is 0 Å². The van der Waals surface area contributed by atoms with E-state index in [1.807, 2.05) is 42.5 Å². The van der Waals surface area contributed by atoms with Gasteiger partial charge >= 0.3 is 5.97 Å². The zero-order valence-electron chi connectivity index (χ0n) is 12.2. The largest absolute Gasteiger partial charge is 0.493 e. The van der Waals surface area contributed by atoms with Crippen LogP contribution in [0.25, 0.3) is 6.08 Å². The van der Waals surface area contributed by atoms with Crippen LogP contribution in [-0.4, -0.2) is 18.5 Å². The van der Waals surface area contributed by atoms with Crippen molar-refractivity contribution in [3.05, 3.63) is 70.9 Å². The van der Waals surface area contributed by atoms with Crippen LogP contribution in [0.1, 0.15) is 12.0 Å². The highest BCUT2D eigenvalue weighted by Gasteiger charge is 2.22. The number of hydrogen-bond acceptors (Lipinski definition) is 4. The fraction of sp³-hybridized carbons (Fsp3) is 0.111. The smallest absolute Gasteiger partial charge is 0.363 e. The van der Waals surface area contributed by atoms with Crippen molar-refractivity contribution in [3.63, 3.8) is 0 Å². The van der Waals surface area contributed by atoms with Gasteiger partial charge in [-0.2, -0.15) is 0 Å². The lowest BCUT2D eigenvalue weighted by Crippen LogP contribution is -2.08. The molecule has 0 bridgehead atoms. The summed E-state index contributed by atoms with van der Waals surface area (Å²) in [6, 6.07) is 16.6. The third-order valence-electron chi connectivity index (χ3n) is 3.17. The number of benzene rings is 2. The first kappa shape index (κ1) is 15.3. The highest BCUT2D eigenvalue weighted by Crippen LogP contribution is 2.18. The molecule has 0 fully saturated rings. The molecule has 0 atom stereocenters. The number of para-hydroxylation sites is 1. The fourth-order valence-electron chi connectivity index (χ4n) is 2.05. The van der Waals surface area contributed by atoms with Gasteiger partial charge in [0.05, 0.1) is 13.0 Å². The lowest BCUT2D eigenvalue weighted by Gasteiger charge is -2.04. The van der Waals surface area contributed by atoms with Crippen molar-refractivity contribution in [2.75, 3.05) is 6.61 Å². The number of hydrogen-bond donors (Lipinski definition) is 0. The van der Waals surface area contributed by atoms with Gasteiger partial charge in [-0.15, -0.1) is 0 Å². The topological polar surface area (TPSA) is 47.9 Å². The molecule has 2 aromatic carbocycles. The number of cyclic esters (lactones) is 1. The number of aliphatic imine (C=N–C) groups is 1. The van der Waals surface area contributed by atoms with Gasteiger partial charge in [0.2, 0.25) is 5.90 Å². The van der Waals surface area contributed by atoms with Crippen LogP contribution in [0.3, 0.4) is 0 Å². The molecule has 5 heteroatoms. The molecule has 0 aliphatic carbocycles. The van der Waals surface area contributed by atoms with Crippen molar-refractivity contribution < 1.29 is 14.3 Å². The van der Waals surface area contributed by atoms with Crippen molar-refractivity contribution in [1.29, 1.82) is 0 Å². The number of ether oxygens (including phenoxy) is 2. The molecule has 0 saturated carbocycles. The predicted octanol–water partition coefficient (Wildman–Crippen LogP) is 4.11. The van der Waals surface area contributed by atoms with Gasteiger partial charge in [-0.25, -0.2) is 9.79 Å². The van der Waals surface area contributed by atoms with Gasteiger partial charge < -0.3 is 9.47 Å². The Kier molecular flexibility index (Phi) is 4.74. The second-order valence-corrected chi connectivity index (χ2v) is 5.32. The minimum absolute atomic E-state index is 0.280. The van der Waals surface area contributed by atoms with E-state index in [-0.39, 0.29) is 5.70 Å². The van der Waals surface area contributed by atoms with E-state index >= 15 is 0 Å². The van der Waals surface area contributed by atoms with Crippen molar-refractivity contribution >= 4 is 29.5 Å². The minimum Gasteiger partial charge on any atom is -0.493 e. The molecule has 0 radical (unpaired) electrons. The second-order valence-electron chi connectivity index (χ2n) is 4.89. The molecule has 0 unspecified atom stereocenters. The van der Waals surface area contributed by atoms with Gasteiger partial charge in [-0.3, -0.25) is 0 Å². The summed E-state index contributed by atoms with van der Waals surface area (Å²) in [4.78, 5) is 16.0. The number of halogens is 1. The molecule has 0 saturated heterocycles. The fourth-order valence-corrected chi connectivity index (χ4v) is 2.18. The SMILES string of the molecule is O=C1OC(CCOc2ccccc2)=N/C1=C/c1ccc(Cl)cc1. The maximum Gasteiger partial charge on any atom is 0.363 e. The Bertz CT molecular complexity index is 752. The van der Waals surface area contributed by atoms with Crippen LogP contribution < -0.4 is 4.74 Å². The summed E-state index contributed by atoms with van der Waals surface area (Å²) >= 11 is 5.83. The van der Waals surface area contributed by atoms with E-state index in [1.165, 1.54) is 0 Å². The Hall–Kier alpha value is -2.59. The molecule has 0 N–H and O–H groups in total. The summed E-state index contributed by atoms with van der Waals surface area (Å²) in [5, 5.41) is 0.642. The Morgan fingerprint density at radius 1 is 1.09 bits per heavy atom. The average Bonchev–Trinajstić information content (AvgIpc) is 2.90. The van der Waals surface area contributed by atoms with Gasteiger partial charge in [0.15, 0.2) is 5.70 Å². The second kappa shape index (κ2) is 7.11. The first-order valence-electron chi connectivity index (χ1n) is 7.15. The number of esters is 1. The maximum absolute atomic E-state index is 11.8. The summed E-state index contributed by atoms with van der Waals surface area (Å²) in [6.45, 7) is 0.393. The monoisotopic (exact) mass is 327 g/mol. The van der Waals surface area contributed by atoms with Crippen LogP contribution in [0.2, 0.25) is 5.02 Å².